The van der Waals surface area contributed by atoms with Crippen LogP contribution in [-0.2, 0) is 17.8 Å². The number of carbonyl (C=O) groups excluding carboxylic acids is 2. The molecule has 0 unspecified atom stereocenters. The summed E-state index contributed by atoms with van der Waals surface area (Å²) in [6.07, 6.45) is 4.03. The molecule has 0 atom stereocenters. The smallest absolute Gasteiger partial charge is 0.282 e. The maximum absolute atomic E-state index is 14.5. The molecular formula is C18H20FN5O2S. The molecule has 2 amide bonds. The molecule has 1 N–H and O–H groups in total. The van der Waals surface area contributed by atoms with Crippen molar-refractivity contribution in [3.05, 3.63) is 29.8 Å². The fourth-order valence-corrected chi connectivity index (χ4v) is 4.23. The molecule has 4 rings (SSSR count). The first-order valence-electron chi connectivity index (χ1n) is 9.05. The average Bonchev–Trinajstić information content (AvgIpc) is 3.15. The number of nitrogens with zero attached hydrogens (tertiary/aromatic N) is 4. The largest absolute Gasteiger partial charge is 0.325 e. The molecule has 0 aliphatic carbocycles. The predicted octanol–water partition coefficient (Wildman–Crippen LogP) is 2.92. The first kappa shape index (κ1) is 18.0. The van der Waals surface area contributed by atoms with Gasteiger partial charge >= 0.3 is 0 Å². The number of aryl methyl sites for hydroxylation is 1. The van der Waals surface area contributed by atoms with E-state index in [1.165, 1.54) is 28.8 Å². The maximum Gasteiger partial charge on any atom is 0.282 e. The Balaban J connectivity index is 1.54. The van der Waals surface area contributed by atoms with E-state index in [-0.39, 0.29) is 17.7 Å². The standard InChI is InChI=1S/C18H20FN5O2S/c19-14-6-5-12(20-16(25)11-23-8-9-27-18(23)26)10-13(14)17-22-21-15-4-2-1-3-7-24(15)17/h5-6,10H,1-4,7-9,11H2,(H,20,25). The molecule has 7 nitrogen and oxygen atoms in total. The molecule has 1 aromatic heterocycles. The maximum atomic E-state index is 14.5. The van der Waals surface area contributed by atoms with Gasteiger partial charge in [-0.05, 0) is 31.0 Å². The van der Waals surface area contributed by atoms with Crippen molar-refractivity contribution in [2.45, 2.75) is 32.2 Å². The Morgan fingerprint density at radius 3 is 2.93 bits per heavy atom. The van der Waals surface area contributed by atoms with E-state index in [1.807, 2.05) is 4.57 Å². The van der Waals surface area contributed by atoms with Gasteiger partial charge in [0.2, 0.25) is 5.91 Å². The number of hydrogen-bond acceptors (Lipinski definition) is 5. The van der Waals surface area contributed by atoms with E-state index < -0.39 is 5.82 Å². The summed E-state index contributed by atoms with van der Waals surface area (Å²) >= 11 is 1.21. The number of rotatable bonds is 4. The number of thioether (sulfide) groups is 1. The third-order valence-electron chi connectivity index (χ3n) is 4.78. The van der Waals surface area contributed by atoms with Crippen molar-refractivity contribution in [2.24, 2.45) is 0 Å². The van der Waals surface area contributed by atoms with Gasteiger partial charge in [0.1, 0.15) is 18.2 Å². The highest BCUT2D eigenvalue weighted by Gasteiger charge is 2.24. The van der Waals surface area contributed by atoms with Crippen molar-refractivity contribution in [1.82, 2.24) is 19.7 Å². The van der Waals surface area contributed by atoms with Crippen LogP contribution in [0.5, 0.6) is 0 Å². The first-order valence-corrected chi connectivity index (χ1v) is 10.0. The zero-order valence-corrected chi connectivity index (χ0v) is 15.6. The summed E-state index contributed by atoms with van der Waals surface area (Å²) in [7, 11) is 0. The van der Waals surface area contributed by atoms with Gasteiger partial charge < -0.3 is 14.8 Å². The first-order chi connectivity index (χ1) is 13.1. The van der Waals surface area contributed by atoms with E-state index in [0.717, 1.165) is 38.1 Å². The molecule has 2 aliphatic rings. The summed E-state index contributed by atoms with van der Waals surface area (Å²) < 4.78 is 16.4. The quantitative estimate of drug-likeness (QED) is 0.870. The van der Waals surface area contributed by atoms with Crippen LogP contribution in [0.25, 0.3) is 11.4 Å². The highest BCUT2D eigenvalue weighted by molar-refractivity contribution is 8.13. The molecule has 3 heterocycles. The number of carbonyl (C=O) groups is 2. The molecular weight excluding hydrogens is 369 g/mol. The monoisotopic (exact) mass is 389 g/mol. The lowest BCUT2D eigenvalue weighted by atomic mass is 10.1. The average molecular weight is 389 g/mol. The number of amides is 2. The van der Waals surface area contributed by atoms with E-state index in [4.69, 9.17) is 0 Å². The minimum Gasteiger partial charge on any atom is -0.325 e. The Hall–Kier alpha value is -2.42. The van der Waals surface area contributed by atoms with Crippen molar-refractivity contribution in [3.63, 3.8) is 0 Å². The lowest BCUT2D eigenvalue weighted by Crippen LogP contribution is -2.33. The van der Waals surface area contributed by atoms with Gasteiger partial charge in [0.25, 0.3) is 5.24 Å². The SMILES string of the molecule is O=C(CN1CCSC1=O)Nc1ccc(F)c(-c2nnc3n2CCCCC3)c1. The van der Waals surface area contributed by atoms with Crippen molar-refractivity contribution in [3.8, 4) is 11.4 Å². The van der Waals surface area contributed by atoms with Crippen molar-refractivity contribution in [1.29, 1.82) is 0 Å². The van der Waals surface area contributed by atoms with E-state index in [9.17, 15) is 14.0 Å². The summed E-state index contributed by atoms with van der Waals surface area (Å²) in [5.41, 5.74) is 0.794. The number of anilines is 1. The molecule has 1 fully saturated rings. The number of halogens is 1. The molecule has 0 spiro atoms. The number of aromatic nitrogens is 3. The van der Waals surface area contributed by atoms with Crippen LogP contribution in [0, 0.1) is 5.82 Å². The molecule has 0 saturated carbocycles. The van der Waals surface area contributed by atoms with E-state index in [0.29, 0.717) is 29.4 Å². The molecule has 142 valence electrons. The third-order valence-corrected chi connectivity index (χ3v) is 5.67. The van der Waals surface area contributed by atoms with Gasteiger partial charge in [-0.25, -0.2) is 4.39 Å². The molecule has 2 aliphatic heterocycles. The van der Waals surface area contributed by atoms with Crippen LogP contribution >= 0.6 is 11.8 Å². The summed E-state index contributed by atoms with van der Waals surface area (Å²) in [6.45, 7) is 1.33. The van der Waals surface area contributed by atoms with Crippen LogP contribution < -0.4 is 5.32 Å². The molecule has 0 bridgehead atoms. The topological polar surface area (TPSA) is 80.1 Å². The van der Waals surface area contributed by atoms with Gasteiger partial charge in [-0.15, -0.1) is 10.2 Å². The molecule has 9 heteroatoms. The minimum absolute atomic E-state index is 0.00112. The summed E-state index contributed by atoms with van der Waals surface area (Å²) in [4.78, 5) is 25.4. The molecule has 0 radical (unpaired) electrons. The van der Waals surface area contributed by atoms with Gasteiger partial charge in [-0.2, -0.15) is 0 Å². The van der Waals surface area contributed by atoms with Crippen LogP contribution in [0.2, 0.25) is 0 Å². The third kappa shape index (κ3) is 3.83. The van der Waals surface area contributed by atoms with Crippen LogP contribution in [-0.4, -0.2) is 49.7 Å². The molecule has 1 saturated heterocycles. The van der Waals surface area contributed by atoms with E-state index in [2.05, 4.69) is 15.5 Å². The number of hydrogen-bond donors (Lipinski definition) is 1. The van der Waals surface area contributed by atoms with Gasteiger partial charge in [0.05, 0.1) is 5.56 Å². The summed E-state index contributed by atoms with van der Waals surface area (Å²) in [5, 5.41) is 11.1. The number of nitrogens with one attached hydrogen (secondary N) is 1. The lowest BCUT2D eigenvalue weighted by molar-refractivity contribution is -0.116. The fourth-order valence-electron chi connectivity index (χ4n) is 3.40. The Labute approximate surface area is 160 Å². The summed E-state index contributed by atoms with van der Waals surface area (Å²) in [6, 6.07) is 4.41. The fraction of sp³-hybridized carbons (Fsp3) is 0.444. The van der Waals surface area contributed by atoms with Gasteiger partial charge in [-0.1, -0.05) is 18.2 Å². The zero-order chi connectivity index (χ0) is 18.8. The second kappa shape index (κ2) is 7.67. The van der Waals surface area contributed by atoms with Crippen molar-refractivity contribution >= 4 is 28.6 Å². The number of benzene rings is 1. The molecule has 1 aromatic carbocycles. The van der Waals surface area contributed by atoms with Crippen LogP contribution in [0.4, 0.5) is 14.9 Å². The second-order valence-electron chi connectivity index (χ2n) is 6.68. The normalized spacial score (nSPS) is 16.9. The van der Waals surface area contributed by atoms with Crippen LogP contribution in [0.3, 0.4) is 0 Å². The predicted molar refractivity (Wildman–Crippen MR) is 101 cm³/mol. The molecule has 27 heavy (non-hydrogen) atoms. The Kier molecular flexibility index (Phi) is 5.11. The van der Waals surface area contributed by atoms with Crippen LogP contribution in [0.1, 0.15) is 25.1 Å². The second-order valence-corrected chi connectivity index (χ2v) is 7.73. The van der Waals surface area contributed by atoms with Crippen LogP contribution in [0.15, 0.2) is 18.2 Å². The highest BCUT2D eigenvalue weighted by atomic mass is 32.2. The van der Waals surface area contributed by atoms with Gasteiger partial charge in [-0.3, -0.25) is 9.59 Å². The van der Waals surface area contributed by atoms with Crippen molar-refractivity contribution < 1.29 is 14.0 Å². The summed E-state index contributed by atoms with van der Waals surface area (Å²) in [5.74, 6) is 1.36. The van der Waals surface area contributed by atoms with Crippen molar-refractivity contribution in [2.75, 3.05) is 24.2 Å². The minimum atomic E-state index is -0.404. The Morgan fingerprint density at radius 1 is 1.22 bits per heavy atom. The van der Waals surface area contributed by atoms with E-state index >= 15 is 0 Å². The lowest BCUT2D eigenvalue weighted by Gasteiger charge is -2.14. The highest BCUT2D eigenvalue weighted by Crippen LogP contribution is 2.27. The Bertz CT molecular complexity index is 885. The zero-order valence-electron chi connectivity index (χ0n) is 14.8. The van der Waals surface area contributed by atoms with Gasteiger partial charge in [0, 0.05) is 31.0 Å². The van der Waals surface area contributed by atoms with Gasteiger partial charge in [0.15, 0.2) is 5.82 Å². The number of fused-ring (bicyclic) bond motifs is 1. The molecule has 2 aromatic rings. The van der Waals surface area contributed by atoms with E-state index in [1.54, 1.807) is 6.07 Å². The Morgan fingerprint density at radius 2 is 2.11 bits per heavy atom.